The van der Waals surface area contributed by atoms with E-state index in [1.807, 2.05) is 4.90 Å². The predicted molar refractivity (Wildman–Crippen MR) is 109 cm³/mol. The highest BCUT2D eigenvalue weighted by Crippen LogP contribution is 2.23. The molecule has 1 aromatic carbocycles. The van der Waals surface area contributed by atoms with Crippen LogP contribution in [0, 0.1) is 5.92 Å². The summed E-state index contributed by atoms with van der Waals surface area (Å²) in [5.74, 6) is -0.389. The van der Waals surface area contributed by atoms with Gasteiger partial charge in [0.2, 0.25) is 11.8 Å². The minimum Gasteiger partial charge on any atom is -0.369 e. The molecule has 0 aromatic heterocycles. The number of likely N-dealkylation sites (tertiary alicyclic amines) is 1. The minimum atomic E-state index is -0.293. The number of piperidine rings is 1. The molecular formula is C20H31ClN4O2. The van der Waals surface area contributed by atoms with Crippen molar-refractivity contribution in [2.45, 2.75) is 32.2 Å². The van der Waals surface area contributed by atoms with Crippen molar-refractivity contribution in [1.29, 1.82) is 0 Å². The molecule has 2 aliphatic heterocycles. The molecule has 2 saturated heterocycles. The van der Waals surface area contributed by atoms with Crippen molar-refractivity contribution >= 4 is 24.2 Å². The van der Waals surface area contributed by atoms with E-state index < -0.39 is 0 Å². The summed E-state index contributed by atoms with van der Waals surface area (Å²) in [6.07, 6.45) is 2.67. The van der Waals surface area contributed by atoms with E-state index in [1.54, 1.807) is 0 Å². The van der Waals surface area contributed by atoms with Crippen molar-refractivity contribution < 1.29 is 9.59 Å². The first-order valence-electron chi connectivity index (χ1n) is 9.69. The van der Waals surface area contributed by atoms with Gasteiger partial charge in [0.25, 0.3) is 0 Å². The molecule has 2 amide bonds. The Labute approximate surface area is 167 Å². The van der Waals surface area contributed by atoms with Crippen LogP contribution in [0.25, 0.3) is 0 Å². The molecule has 3 rings (SSSR count). The number of halogens is 1. The topological polar surface area (TPSA) is 78.7 Å². The zero-order chi connectivity index (χ0) is 18.5. The Balaban J connectivity index is 0.00000261. The minimum absolute atomic E-state index is 0. The van der Waals surface area contributed by atoms with Crippen LogP contribution in [0.15, 0.2) is 24.3 Å². The van der Waals surface area contributed by atoms with Crippen molar-refractivity contribution in [3.05, 3.63) is 35.4 Å². The third kappa shape index (κ3) is 5.43. The molecule has 0 bridgehead atoms. The van der Waals surface area contributed by atoms with Crippen molar-refractivity contribution in [3.8, 4) is 0 Å². The molecule has 0 aliphatic carbocycles. The number of aryl methyl sites for hydroxylation is 1. The number of amides is 2. The lowest BCUT2D eigenvalue weighted by Crippen LogP contribution is -2.52. The van der Waals surface area contributed by atoms with E-state index >= 15 is 0 Å². The molecule has 27 heavy (non-hydrogen) atoms. The Morgan fingerprint density at radius 2 is 1.96 bits per heavy atom. The van der Waals surface area contributed by atoms with Crippen LogP contribution in [-0.2, 0) is 16.0 Å². The normalized spacial score (nSPS) is 23.5. The summed E-state index contributed by atoms with van der Waals surface area (Å²) in [5.41, 5.74) is 8.01. The summed E-state index contributed by atoms with van der Waals surface area (Å²) < 4.78 is 0. The van der Waals surface area contributed by atoms with E-state index in [-0.39, 0.29) is 36.2 Å². The number of primary amides is 1. The predicted octanol–water partition coefficient (Wildman–Crippen LogP) is 1.34. The van der Waals surface area contributed by atoms with Crippen LogP contribution in [0.5, 0.6) is 0 Å². The zero-order valence-electron chi connectivity index (χ0n) is 16.0. The molecule has 0 radical (unpaired) electrons. The number of hydrogen-bond acceptors (Lipinski definition) is 4. The number of piperazine rings is 1. The fourth-order valence-electron chi connectivity index (χ4n) is 3.95. The molecule has 2 atom stereocenters. The summed E-state index contributed by atoms with van der Waals surface area (Å²) in [4.78, 5) is 28.4. The summed E-state index contributed by atoms with van der Waals surface area (Å²) in [7, 11) is 0. The van der Waals surface area contributed by atoms with Crippen LogP contribution in [0.4, 0.5) is 0 Å². The van der Waals surface area contributed by atoms with Crippen LogP contribution < -0.4 is 11.1 Å². The Kier molecular flexibility index (Phi) is 8.07. The maximum Gasteiger partial charge on any atom is 0.236 e. The monoisotopic (exact) mass is 394 g/mol. The third-order valence-electron chi connectivity index (χ3n) is 5.64. The van der Waals surface area contributed by atoms with Crippen molar-refractivity contribution in [3.63, 3.8) is 0 Å². The Bertz CT molecular complexity index is 637. The fraction of sp³-hybridized carbons (Fsp3) is 0.600. The lowest BCUT2D eigenvalue weighted by molar-refractivity contribution is -0.136. The summed E-state index contributed by atoms with van der Waals surface area (Å²) in [5, 5.41) is 3.44. The van der Waals surface area contributed by atoms with Gasteiger partial charge in [-0.1, -0.05) is 31.2 Å². The van der Waals surface area contributed by atoms with E-state index in [9.17, 15) is 9.59 Å². The van der Waals surface area contributed by atoms with Gasteiger partial charge in [0, 0.05) is 38.8 Å². The zero-order valence-corrected chi connectivity index (χ0v) is 16.8. The number of carbonyl (C=O) groups is 2. The Morgan fingerprint density at radius 3 is 2.63 bits per heavy atom. The highest BCUT2D eigenvalue weighted by molar-refractivity contribution is 5.85. The van der Waals surface area contributed by atoms with Gasteiger partial charge >= 0.3 is 0 Å². The quantitative estimate of drug-likeness (QED) is 0.790. The number of benzene rings is 1. The lowest BCUT2D eigenvalue weighted by Gasteiger charge is -2.38. The molecule has 1 aromatic rings. The first kappa shape index (κ1) is 21.7. The van der Waals surface area contributed by atoms with Crippen molar-refractivity contribution in [1.82, 2.24) is 15.1 Å². The highest BCUT2D eigenvalue weighted by atomic mass is 35.5. The second-order valence-electron chi connectivity index (χ2n) is 7.37. The molecule has 2 unspecified atom stereocenters. The van der Waals surface area contributed by atoms with Gasteiger partial charge < -0.3 is 16.0 Å². The summed E-state index contributed by atoms with van der Waals surface area (Å²) >= 11 is 0. The molecule has 0 saturated carbocycles. The number of nitrogens with one attached hydrogen (secondary N) is 1. The summed E-state index contributed by atoms with van der Waals surface area (Å²) in [6.45, 7) is 6.33. The molecule has 6 nitrogen and oxygen atoms in total. The first-order chi connectivity index (χ1) is 12.6. The van der Waals surface area contributed by atoms with Gasteiger partial charge in [-0.25, -0.2) is 0 Å². The van der Waals surface area contributed by atoms with Crippen LogP contribution in [0.1, 0.15) is 36.9 Å². The molecular weight excluding hydrogens is 364 g/mol. The summed E-state index contributed by atoms with van der Waals surface area (Å²) in [6, 6.07) is 8.91. The van der Waals surface area contributed by atoms with Crippen LogP contribution in [-0.4, -0.2) is 60.9 Å². The van der Waals surface area contributed by atoms with Crippen LogP contribution in [0.3, 0.4) is 0 Å². The third-order valence-corrected chi connectivity index (χ3v) is 5.64. The molecule has 2 fully saturated rings. The molecule has 0 spiro atoms. The van der Waals surface area contributed by atoms with Crippen molar-refractivity contribution in [2.24, 2.45) is 11.7 Å². The van der Waals surface area contributed by atoms with Gasteiger partial charge in [-0.15, -0.1) is 12.4 Å². The maximum absolute atomic E-state index is 12.8. The largest absolute Gasteiger partial charge is 0.369 e. The van der Waals surface area contributed by atoms with E-state index in [0.717, 1.165) is 45.4 Å². The van der Waals surface area contributed by atoms with E-state index in [2.05, 4.69) is 41.4 Å². The Hall–Kier alpha value is -1.63. The van der Waals surface area contributed by atoms with Gasteiger partial charge in [-0.3, -0.25) is 14.5 Å². The smallest absolute Gasteiger partial charge is 0.236 e. The average Bonchev–Trinajstić information content (AvgIpc) is 2.68. The van der Waals surface area contributed by atoms with Gasteiger partial charge in [-0.2, -0.15) is 0 Å². The van der Waals surface area contributed by atoms with Crippen molar-refractivity contribution in [2.75, 3.05) is 39.3 Å². The van der Waals surface area contributed by atoms with Gasteiger partial charge in [0.15, 0.2) is 0 Å². The molecule has 2 heterocycles. The highest BCUT2D eigenvalue weighted by Gasteiger charge is 2.30. The second kappa shape index (κ2) is 10.1. The molecule has 2 aliphatic rings. The molecule has 3 N–H and O–H groups in total. The average molecular weight is 395 g/mol. The number of nitrogens with two attached hydrogens (primary N) is 1. The fourth-order valence-corrected chi connectivity index (χ4v) is 3.95. The van der Waals surface area contributed by atoms with Crippen LogP contribution >= 0.6 is 12.4 Å². The Morgan fingerprint density at radius 1 is 1.22 bits per heavy atom. The number of hydrogen-bond donors (Lipinski definition) is 2. The molecule has 7 heteroatoms. The maximum atomic E-state index is 12.8. The van der Waals surface area contributed by atoms with Gasteiger partial charge in [0.05, 0.1) is 12.5 Å². The van der Waals surface area contributed by atoms with E-state index in [0.29, 0.717) is 13.1 Å². The van der Waals surface area contributed by atoms with Gasteiger partial charge in [-0.05, 0) is 30.4 Å². The van der Waals surface area contributed by atoms with Gasteiger partial charge in [0.1, 0.15) is 0 Å². The SMILES string of the molecule is CCc1ccc(C2CNCCN2CC(=O)N2CCCC(C(N)=O)C2)cc1.Cl. The second-order valence-corrected chi connectivity index (χ2v) is 7.37. The number of carbonyl (C=O) groups excluding carboxylic acids is 2. The molecule has 150 valence electrons. The van der Waals surface area contributed by atoms with E-state index in [4.69, 9.17) is 5.73 Å². The van der Waals surface area contributed by atoms with Crippen LogP contribution in [0.2, 0.25) is 0 Å². The lowest BCUT2D eigenvalue weighted by atomic mass is 9.97. The number of rotatable bonds is 5. The first-order valence-corrected chi connectivity index (χ1v) is 9.69. The number of nitrogens with zero attached hydrogens (tertiary/aromatic N) is 2. The standard InChI is InChI=1S/C20H30N4O2.ClH/c1-2-15-5-7-16(8-6-15)18-12-22-9-11-23(18)14-19(25)24-10-3-4-17(13-24)20(21)26;/h5-8,17-18,22H,2-4,9-14H2,1H3,(H2,21,26);1H. The van der Waals surface area contributed by atoms with E-state index in [1.165, 1.54) is 11.1 Å².